The zero-order chi connectivity index (χ0) is 14.8. The van der Waals surface area contributed by atoms with Crippen LogP contribution in [0.3, 0.4) is 0 Å². The average molecular weight is 283 g/mol. The Bertz CT molecular complexity index is 807. The van der Waals surface area contributed by atoms with Gasteiger partial charge < -0.3 is 14.4 Å². The summed E-state index contributed by atoms with van der Waals surface area (Å²) in [7, 11) is 0. The number of carboxylic acid groups (broad SMARTS) is 1. The molecule has 3 aromatic rings. The zero-order valence-electron chi connectivity index (χ0n) is 11.4. The lowest BCUT2D eigenvalue weighted by Crippen LogP contribution is -2.03. The van der Waals surface area contributed by atoms with Crippen molar-refractivity contribution in [3.8, 4) is 5.75 Å². The maximum absolute atomic E-state index is 11.4. The van der Waals surface area contributed by atoms with E-state index >= 15 is 0 Å². The number of hydrogen-bond donors (Lipinski definition) is 1. The van der Waals surface area contributed by atoms with E-state index in [1.807, 2.05) is 31.2 Å². The van der Waals surface area contributed by atoms with Crippen LogP contribution in [0, 0.1) is 6.92 Å². The summed E-state index contributed by atoms with van der Waals surface area (Å²) in [6.07, 6.45) is 0. The van der Waals surface area contributed by atoms with Crippen LogP contribution in [0.4, 0.5) is 0 Å². The normalized spacial score (nSPS) is 10.7. The van der Waals surface area contributed by atoms with Gasteiger partial charge in [-0.3, -0.25) is 0 Å². The Morgan fingerprint density at radius 2 is 2.10 bits per heavy atom. The Balaban J connectivity index is 2.01. The van der Waals surface area contributed by atoms with Crippen molar-refractivity contribution in [2.75, 3.05) is 0 Å². The predicted molar refractivity (Wildman–Crippen MR) is 76.5 cm³/mol. The van der Waals surface area contributed by atoms with Gasteiger partial charge in [0.25, 0.3) is 0 Å². The number of rotatable bonds is 4. The fraction of sp³-hybridized carbons (Fsp3) is 0.125. The van der Waals surface area contributed by atoms with E-state index in [4.69, 9.17) is 9.26 Å². The fourth-order valence-electron chi connectivity index (χ4n) is 2.19. The lowest BCUT2D eigenvalue weighted by molar-refractivity contribution is 0.0691. The molecule has 5 heteroatoms. The van der Waals surface area contributed by atoms with E-state index in [9.17, 15) is 9.90 Å². The van der Waals surface area contributed by atoms with E-state index in [1.54, 1.807) is 18.2 Å². The summed E-state index contributed by atoms with van der Waals surface area (Å²) >= 11 is 0. The molecule has 0 aliphatic heterocycles. The number of fused-ring (bicyclic) bond motifs is 1. The Labute approximate surface area is 120 Å². The van der Waals surface area contributed by atoms with Crippen LogP contribution >= 0.6 is 0 Å². The first kappa shape index (κ1) is 13.2. The van der Waals surface area contributed by atoms with E-state index in [2.05, 4.69) is 5.16 Å². The number of benzene rings is 2. The van der Waals surface area contributed by atoms with Gasteiger partial charge in [-0.1, -0.05) is 35.5 Å². The second-order valence-corrected chi connectivity index (χ2v) is 4.69. The van der Waals surface area contributed by atoms with Crippen LogP contribution in [0.5, 0.6) is 5.75 Å². The summed E-state index contributed by atoms with van der Waals surface area (Å²) < 4.78 is 10.8. The molecule has 21 heavy (non-hydrogen) atoms. The minimum atomic E-state index is -1.02. The second-order valence-electron chi connectivity index (χ2n) is 4.69. The number of nitrogens with zero attached hydrogens (tertiary/aromatic N) is 1. The molecule has 1 heterocycles. The number of carbonyl (C=O) groups is 1. The van der Waals surface area contributed by atoms with Crippen molar-refractivity contribution < 1.29 is 19.2 Å². The summed E-state index contributed by atoms with van der Waals surface area (Å²) in [5.74, 6) is -0.129. The van der Waals surface area contributed by atoms with Crippen molar-refractivity contribution in [1.82, 2.24) is 5.16 Å². The zero-order valence-corrected chi connectivity index (χ0v) is 11.4. The minimum Gasteiger partial charge on any atom is -0.484 e. The first-order valence-electron chi connectivity index (χ1n) is 6.45. The summed E-state index contributed by atoms with van der Waals surface area (Å²) in [4.78, 5) is 11.4. The Kier molecular flexibility index (Phi) is 3.31. The maximum atomic E-state index is 11.4. The molecule has 0 saturated heterocycles. The molecule has 0 aliphatic rings. The predicted octanol–water partition coefficient (Wildman–Crippen LogP) is 3.41. The lowest BCUT2D eigenvalue weighted by Gasteiger charge is -2.11. The molecule has 0 aliphatic carbocycles. The standard InChI is InChI=1S/C16H13NO4/c1-10-8-12(21-17-10)9-20-15-13-5-3-2-4-11(13)6-7-14(15)16(18)19/h2-8H,9H2,1H3,(H,18,19). The lowest BCUT2D eigenvalue weighted by atomic mass is 10.1. The first-order valence-corrected chi connectivity index (χ1v) is 6.45. The highest BCUT2D eigenvalue weighted by molar-refractivity contribution is 6.00. The van der Waals surface area contributed by atoms with Crippen LogP contribution in [0.15, 0.2) is 47.0 Å². The molecule has 3 rings (SSSR count). The molecular formula is C16H13NO4. The third-order valence-corrected chi connectivity index (χ3v) is 3.15. The highest BCUT2D eigenvalue weighted by atomic mass is 16.5. The van der Waals surface area contributed by atoms with Gasteiger partial charge in [-0.15, -0.1) is 0 Å². The minimum absolute atomic E-state index is 0.130. The van der Waals surface area contributed by atoms with Gasteiger partial charge in [0.05, 0.1) is 5.69 Å². The van der Waals surface area contributed by atoms with Crippen LogP contribution < -0.4 is 4.74 Å². The van der Waals surface area contributed by atoms with Crippen molar-refractivity contribution in [2.24, 2.45) is 0 Å². The number of aromatic nitrogens is 1. The fourth-order valence-corrected chi connectivity index (χ4v) is 2.19. The van der Waals surface area contributed by atoms with Gasteiger partial charge in [-0.05, 0) is 18.4 Å². The molecule has 0 fully saturated rings. The summed E-state index contributed by atoms with van der Waals surface area (Å²) in [6, 6.07) is 12.6. The number of aryl methyl sites for hydroxylation is 1. The maximum Gasteiger partial charge on any atom is 0.339 e. The molecule has 2 aromatic carbocycles. The number of ether oxygens (including phenoxy) is 1. The summed E-state index contributed by atoms with van der Waals surface area (Å²) in [5.41, 5.74) is 0.884. The molecule has 0 bridgehead atoms. The topological polar surface area (TPSA) is 72.6 Å². The van der Waals surface area contributed by atoms with E-state index in [0.29, 0.717) is 11.5 Å². The molecule has 106 valence electrons. The Morgan fingerprint density at radius 1 is 1.29 bits per heavy atom. The van der Waals surface area contributed by atoms with Crippen molar-refractivity contribution in [3.63, 3.8) is 0 Å². The monoisotopic (exact) mass is 283 g/mol. The van der Waals surface area contributed by atoms with Gasteiger partial charge in [0.15, 0.2) is 5.76 Å². The second kappa shape index (κ2) is 5.28. The smallest absolute Gasteiger partial charge is 0.339 e. The molecule has 0 amide bonds. The van der Waals surface area contributed by atoms with Crippen LogP contribution in [-0.2, 0) is 6.61 Å². The molecule has 1 aromatic heterocycles. The Hall–Kier alpha value is -2.82. The van der Waals surface area contributed by atoms with Crippen molar-refractivity contribution in [3.05, 3.63) is 59.5 Å². The van der Waals surface area contributed by atoms with Crippen LogP contribution in [-0.4, -0.2) is 16.2 Å². The first-order chi connectivity index (χ1) is 10.1. The summed E-state index contributed by atoms with van der Waals surface area (Å²) in [5, 5.41) is 14.8. The molecule has 5 nitrogen and oxygen atoms in total. The van der Waals surface area contributed by atoms with E-state index in [-0.39, 0.29) is 12.2 Å². The largest absolute Gasteiger partial charge is 0.484 e. The van der Waals surface area contributed by atoms with Crippen molar-refractivity contribution in [2.45, 2.75) is 13.5 Å². The molecule has 1 N–H and O–H groups in total. The van der Waals surface area contributed by atoms with Gasteiger partial charge in [0.2, 0.25) is 0 Å². The number of aromatic carboxylic acids is 1. The molecule has 0 spiro atoms. The molecule has 0 radical (unpaired) electrons. The third kappa shape index (κ3) is 2.58. The molecule has 0 unspecified atom stereocenters. The van der Waals surface area contributed by atoms with E-state index < -0.39 is 5.97 Å². The van der Waals surface area contributed by atoms with E-state index in [1.165, 1.54) is 0 Å². The van der Waals surface area contributed by atoms with Gasteiger partial charge in [-0.2, -0.15) is 0 Å². The van der Waals surface area contributed by atoms with Gasteiger partial charge in [0, 0.05) is 11.5 Å². The average Bonchev–Trinajstić information content (AvgIpc) is 2.90. The van der Waals surface area contributed by atoms with Crippen molar-refractivity contribution >= 4 is 16.7 Å². The molecular weight excluding hydrogens is 270 g/mol. The SMILES string of the molecule is Cc1cc(COc2c(C(=O)O)ccc3ccccc23)on1. The van der Waals surface area contributed by atoms with E-state index in [0.717, 1.165) is 16.5 Å². The van der Waals surface area contributed by atoms with Crippen LogP contribution in [0.1, 0.15) is 21.8 Å². The van der Waals surface area contributed by atoms with Crippen LogP contribution in [0.25, 0.3) is 10.8 Å². The third-order valence-electron chi connectivity index (χ3n) is 3.15. The van der Waals surface area contributed by atoms with Gasteiger partial charge in [-0.25, -0.2) is 4.79 Å². The number of carboxylic acids is 1. The highest BCUT2D eigenvalue weighted by Gasteiger charge is 2.15. The quantitative estimate of drug-likeness (QED) is 0.794. The molecule has 0 atom stereocenters. The van der Waals surface area contributed by atoms with Gasteiger partial charge in [0.1, 0.15) is 17.9 Å². The molecule has 0 saturated carbocycles. The highest BCUT2D eigenvalue weighted by Crippen LogP contribution is 2.30. The Morgan fingerprint density at radius 3 is 2.81 bits per heavy atom. The number of hydrogen-bond acceptors (Lipinski definition) is 4. The van der Waals surface area contributed by atoms with Crippen LogP contribution in [0.2, 0.25) is 0 Å². The van der Waals surface area contributed by atoms with Gasteiger partial charge >= 0.3 is 5.97 Å². The van der Waals surface area contributed by atoms with Crippen molar-refractivity contribution in [1.29, 1.82) is 0 Å². The summed E-state index contributed by atoms with van der Waals surface area (Å²) in [6.45, 7) is 1.95.